The Bertz CT molecular complexity index is 1590. The molecule has 8 nitrogen and oxygen atoms in total. The molecule has 0 atom stereocenters. The molecule has 39 heavy (non-hydrogen) atoms. The summed E-state index contributed by atoms with van der Waals surface area (Å²) in [4.78, 5) is 4.69. The second-order valence-corrected chi connectivity index (χ2v) is 9.55. The molecule has 1 saturated carbocycles. The lowest BCUT2D eigenvalue weighted by molar-refractivity contribution is -0.137. The van der Waals surface area contributed by atoms with Gasteiger partial charge in [0.2, 0.25) is 0 Å². The first-order valence-corrected chi connectivity index (χ1v) is 12.6. The molecular weight excluding hydrogens is 514 g/mol. The molecule has 0 saturated heterocycles. The summed E-state index contributed by atoms with van der Waals surface area (Å²) in [5.41, 5.74) is 3.14. The minimum Gasteiger partial charge on any atom is -0.489 e. The van der Waals surface area contributed by atoms with Crippen molar-refractivity contribution in [3.63, 3.8) is 0 Å². The molecule has 0 spiro atoms. The molecule has 200 valence electrons. The molecule has 0 aliphatic heterocycles. The van der Waals surface area contributed by atoms with Gasteiger partial charge in [0.1, 0.15) is 18.2 Å². The maximum Gasteiger partial charge on any atom is 0.416 e. The van der Waals surface area contributed by atoms with Crippen LogP contribution in [-0.4, -0.2) is 35.2 Å². The number of hydrogen-bond donors (Lipinski definition) is 1. The van der Waals surface area contributed by atoms with Gasteiger partial charge in [-0.3, -0.25) is 0 Å². The average molecular weight is 538 g/mol. The Morgan fingerprint density at radius 2 is 1.77 bits per heavy atom. The van der Waals surface area contributed by atoms with Crippen LogP contribution in [0.1, 0.15) is 54.8 Å². The maximum absolute atomic E-state index is 14.1. The zero-order chi connectivity index (χ0) is 27.0. The molecule has 1 aliphatic rings. The number of fused-ring (bicyclic) bond motifs is 1. The number of hydrogen-bond acceptors (Lipinski definition) is 6. The van der Waals surface area contributed by atoms with Gasteiger partial charge in [-0.1, -0.05) is 31.4 Å². The Kier molecular flexibility index (Phi) is 6.45. The number of nitrogens with zero attached hydrogens (tertiary/aromatic N) is 6. The average Bonchev–Trinajstić information content (AvgIpc) is 3.62. The number of aromatic amines is 1. The van der Waals surface area contributed by atoms with Crippen LogP contribution >= 0.6 is 0 Å². The summed E-state index contributed by atoms with van der Waals surface area (Å²) in [6.07, 6.45) is 4.50. The van der Waals surface area contributed by atoms with Crippen LogP contribution in [0.4, 0.5) is 17.6 Å². The molecule has 3 aromatic heterocycles. The van der Waals surface area contributed by atoms with Gasteiger partial charge in [-0.15, -0.1) is 5.10 Å². The minimum absolute atomic E-state index is 0.167. The van der Waals surface area contributed by atoms with Crippen molar-refractivity contribution in [1.29, 1.82) is 0 Å². The number of halogens is 4. The monoisotopic (exact) mass is 537 g/mol. The van der Waals surface area contributed by atoms with Crippen molar-refractivity contribution >= 4 is 5.65 Å². The van der Waals surface area contributed by atoms with Gasteiger partial charge in [-0.25, -0.2) is 19.0 Å². The van der Waals surface area contributed by atoms with Crippen LogP contribution in [0.5, 0.6) is 5.75 Å². The number of alkyl halides is 3. The van der Waals surface area contributed by atoms with Gasteiger partial charge >= 0.3 is 6.18 Å². The smallest absolute Gasteiger partial charge is 0.416 e. The first kappa shape index (κ1) is 25.0. The molecule has 0 bridgehead atoms. The van der Waals surface area contributed by atoms with Crippen molar-refractivity contribution in [2.24, 2.45) is 0 Å². The van der Waals surface area contributed by atoms with E-state index in [-0.39, 0.29) is 12.2 Å². The molecule has 6 rings (SSSR count). The van der Waals surface area contributed by atoms with E-state index in [1.807, 2.05) is 22.8 Å². The van der Waals surface area contributed by atoms with Crippen LogP contribution < -0.4 is 4.74 Å². The van der Waals surface area contributed by atoms with Crippen LogP contribution in [0.3, 0.4) is 0 Å². The number of tetrazole rings is 1. The van der Waals surface area contributed by atoms with E-state index in [4.69, 9.17) is 4.74 Å². The van der Waals surface area contributed by atoms with E-state index in [1.54, 1.807) is 18.3 Å². The van der Waals surface area contributed by atoms with E-state index in [9.17, 15) is 17.6 Å². The summed E-state index contributed by atoms with van der Waals surface area (Å²) in [6, 6.07) is 9.44. The topological polar surface area (TPSA) is 93.9 Å². The first-order chi connectivity index (χ1) is 18.9. The summed E-state index contributed by atoms with van der Waals surface area (Å²) in [5, 5.41) is 18.7. The molecule has 3 heterocycles. The van der Waals surface area contributed by atoms with Crippen molar-refractivity contribution in [3.8, 4) is 28.3 Å². The Morgan fingerprint density at radius 1 is 0.974 bits per heavy atom. The third kappa shape index (κ3) is 4.93. The van der Waals surface area contributed by atoms with E-state index in [0.29, 0.717) is 34.8 Å². The van der Waals surface area contributed by atoms with Crippen molar-refractivity contribution in [3.05, 3.63) is 77.5 Å². The van der Waals surface area contributed by atoms with Crippen molar-refractivity contribution in [2.45, 2.75) is 50.8 Å². The highest BCUT2D eigenvalue weighted by Crippen LogP contribution is 2.39. The number of rotatable bonds is 6. The van der Waals surface area contributed by atoms with E-state index < -0.39 is 17.6 Å². The van der Waals surface area contributed by atoms with Gasteiger partial charge in [0.15, 0.2) is 11.5 Å². The number of nitrogens with one attached hydrogen (secondary N) is 1. The van der Waals surface area contributed by atoms with Crippen LogP contribution in [-0.2, 0) is 12.8 Å². The summed E-state index contributed by atoms with van der Waals surface area (Å²) >= 11 is 0. The summed E-state index contributed by atoms with van der Waals surface area (Å²) in [5.74, 6) is 0.428. The van der Waals surface area contributed by atoms with Crippen LogP contribution in [0, 0.1) is 5.82 Å². The Balaban J connectivity index is 1.30. The molecule has 0 amide bonds. The zero-order valence-electron chi connectivity index (χ0n) is 20.6. The lowest BCUT2D eigenvalue weighted by Gasteiger charge is -2.25. The van der Waals surface area contributed by atoms with Gasteiger partial charge in [-0.2, -0.15) is 18.3 Å². The summed E-state index contributed by atoms with van der Waals surface area (Å²) < 4.78 is 60.7. The fraction of sp³-hybridized carbons (Fsp3) is 0.296. The third-order valence-electron chi connectivity index (χ3n) is 7.09. The fourth-order valence-electron chi connectivity index (χ4n) is 5.13. The molecule has 1 aliphatic carbocycles. The van der Waals surface area contributed by atoms with E-state index >= 15 is 0 Å². The highest BCUT2D eigenvalue weighted by molar-refractivity contribution is 5.75. The third-order valence-corrected chi connectivity index (χ3v) is 7.09. The molecule has 1 fully saturated rings. The van der Waals surface area contributed by atoms with Crippen LogP contribution in [0.25, 0.3) is 28.2 Å². The molecule has 12 heteroatoms. The largest absolute Gasteiger partial charge is 0.489 e. The molecule has 5 aromatic rings. The second kappa shape index (κ2) is 10.1. The Hall–Kier alpha value is -4.35. The van der Waals surface area contributed by atoms with Gasteiger partial charge in [0, 0.05) is 23.2 Å². The lowest BCUT2D eigenvalue weighted by Crippen LogP contribution is -2.12. The first-order valence-electron chi connectivity index (χ1n) is 12.6. The zero-order valence-corrected chi connectivity index (χ0v) is 20.6. The number of benzene rings is 2. The van der Waals surface area contributed by atoms with E-state index in [2.05, 4.69) is 30.7 Å². The second-order valence-electron chi connectivity index (χ2n) is 9.55. The predicted molar refractivity (Wildman–Crippen MR) is 133 cm³/mol. The predicted octanol–water partition coefficient (Wildman–Crippen LogP) is 6.36. The summed E-state index contributed by atoms with van der Waals surface area (Å²) in [6.45, 7) is -0.331. The minimum atomic E-state index is -4.56. The van der Waals surface area contributed by atoms with Crippen molar-refractivity contribution in [2.75, 3.05) is 0 Å². The highest BCUT2D eigenvalue weighted by atomic mass is 19.4. The van der Waals surface area contributed by atoms with Gasteiger partial charge in [-0.05, 0) is 59.2 Å². The number of H-pyrrole nitrogens is 1. The Labute approximate surface area is 220 Å². The number of aromatic nitrogens is 7. The molecule has 2 aromatic carbocycles. The van der Waals surface area contributed by atoms with Crippen molar-refractivity contribution in [1.82, 2.24) is 35.2 Å². The molecule has 1 N–H and O–H groups in total. The molecule has 0 radical (unpaired) electrons. The van der Waals surface area contributed by atoms with Crippen molar-refractivity contribution < 1.29 is 22.3 Å². The summed E-state index contributed by atoms with van der Waals surface area (Å²) in [7, 11) is 0. The lowest BCUT2D eigenvalue weighted by atomic mass is 9.84. The van der Waals surface area contributed by atoms with Gasteiger partial charge < -0.3 is 4.74 Å². The number of ether oxygens (including phenoxy) is 1. The maximum atomic E-state index is 14.1. The van der Waals surface area contributed by atoms with E-state index in [1.165, 1.54) is 6.42 Å². The SMILES string of the molecule is Fc1ccc(C(F)(F)F)cc1COc1ccc(-c2cnc3c(-c4nnn[nH]4)cnn3c2C2CCCCC2)cc1. The van der Waals surface area contributed by atoms with Gasteiger partial charge in [0.25, 0.3) is 0 Å². The van der Waals surface area contributed by atoms with E-state index in [0.717, 1.165) is 54.6 Å². The highest BCUT2D eigenvalue weighted by Gasteiger charge is 2.31. The quantitative estimate of drug-likeness (QED) is 0.253. The van der Waals surface area contributed by atoms with Gasteiger partial charge in [0.05, 0.1) is 23.0 Å². The molecule has 0 unspecified atom stereocenters. The molecular formula is C27H23F4N7O. The van der Waals surface area contributed by atoms with Crippen LogP contribution in [0.15, 0.2) is 54.9 Å². The standard InChI is InChI=1S/C27H23F4N7O/c28-23-11-8-19(27(29,30)31)12-18(23)15-39-20-9-6-16(7-10-20)21-13-32-26-22(25-34-36-37-35-25)14-33-38(26)24(21)17-4-2-1-3-5-17/h6-14,17H,1-5,15H2,(H,34,35,36,37). The van der Waals surface area contributed by atoms with Crippen LogP contribution in [0.2, 0.25) is 0 Å². The normalized spacial score (nSPS) is 14.7. The Morgan fingerprint density at radius 3 is 2.49 bits per heavy atom. The fourth-order valence-corrected chi connectivity index (χ4v) is 5.13.